The van der Waals surface area contributed by atoms with Gasteiger partial charge in [-0.2, -0.15) is 0 Å². The summed E-state index contributed by atoms with van der Waals surface area (Å²) in [5.74, 6) is 1.68. The van der Waals surface area contributed by atoms with Gasteiger partial charge in [-0.15, -0.1) is 0 Å². The van der Waals surface area contributed by atoms with Crippen LogP contribution in [0.15, 0.2) is 60.8 Å². The number of pyridine rings is 1. The van der Waals surface area contributed by atoms with Crippen molar-refractivity contribution in [2.24, 2.45) is 0 Å². The van der Waals surface area contributed by atoms with Crippen LogP contribution in [0.5, 0.6) is 11.5 Å². The van der Waals surface area contributed by atoms with Crippen LogP contribution >= 0.6 is 11.3 Å². The SMILES string of the molecule is CN(C)CCCC(=O)Nc1cc(Oc2ccc3sc(Nc4cccc(C(C)(C)C)c4)nc3c2)ccn1. The Kier molecular flexibility index (Phi) is 7.86. The molecule has 0 fully saturated rings. The smallest absolute Gasteiger partial charge is 0.225 e. The van der Waals surface area contributed by atoms with E-state index in [4.69, 9.17) is 9.72 Å². The number of thiazole rings is 1. The van der Waals surface area contributed by atoms with Crippen molar-refractivity contribution in [1.29, 1.82) is 0 Å². The van der Waals surface area contributed by atoms with Gasteiger partial charge >= 0.3 is 0 Å². The van der Waals surface area contributed by atoms with Gasteiger partial charge in [0, 0.05) is 30.4 Å². The molecule has 2 aromatic carbocycles. The molecule has 0 aliphatic rings. The van der Waals surface area contributed by atoms with Crippen molar-refractivity contribution in [1.82, 2.24) is 14.9 Å². The summed E-state index contributed by atoms with van der Waals surface area (Å²) in [7, 11) is 3.98. The number of nitrogens with zero attached hydrogens (tertiary/aromatic N) is 3. The minimum absolute atomic E-state index is 0.0570. The lowest BCUT2D eigenvalue weighted by Gasteiger charge is -2.19. The first kappa shape index (κ1) is 25.6. The highest BCUT2D eigenvalue weighted by molar-refractivity contribution is 7.22. The van der Waals surface area contributed by atoms with Gasteiger partial charge < -0.3 is 20.3 Å². The molecule has 0 aliphatic carbocycles. The number of nitrogens with one attached hydrogen (secondary N) is 2. The lowest BCUT2D eigenvalue weighted by molar-refractivity contribution is -0.116. The van der Waals surface area contributed by atoms with Crippen LogP contribution in [0, 0.1) is 0 Å². The Morgan fingerprint density at radius 3 is 2.64 bits per heavy atom. The zero-order valence-electron chi connectivity index (χ0n) is 21.5. The maximum absolute atomic E-state index is 12.2. The van der Waals surface area contributed by atoms with Crippen molar-refractivity contribution in [2.45, 2.75) is 39.0 Å². The number of aromatic nitrogens is 2. The fourth-order valence-electron chi connectivity index (χ4n) is 3.65. The molecule has 1 amide bonds. The average molecular weight is 504 g/mol. The molecule has 0 radical (unpaired) electrons. The number of anilines is 3. The van der Waals surface area contributed by atoms with E-state index >= 15 is 0 Å². The number of ether oxygens (including phenoxy) is 1. The molecule has 0 atom stereocenters. The summed E-state index contributed by atoms with van der Waals surface area (Å²) in [6, 6.07) is 17.8. The molecular weight excluding hydrogens is 470 g/mol. The Morgan fingerprint density at radius 2 is 1.86 bits per heavy atom. The van der Waals surface area contributed by atoms with E-state index in [0.717, 1.165) is 34.0 Å². The molecule has 0 saturated carbocycles. The van der Waals surface area contributed by atoms with Crippen molar-refractivity contribution >= 4 is 44.1 Å². The van der Waals surface area contributed by atoms with Crippen LogP contribution in [-0.2, 0) is 10.2 Å². The van der Waals surface area contributed by atoms with Crippen molar-refractivity contribution in [3.63, 3.8) is 0 Å². The van der Waals surface area contributed by atoms with Crippen LogP contribution in [0.1, 0.15) is 39.2 Å². The van der Waals surface area contributed by atoms with Gasteiger partial charge in [-0.3, -0.25) is 4.79 Å². The molecule has 0 saturated heterocycles. The number of fused-ring (bicyclic) bond motifs is 1. The zero-order chi connectivity index (χ0) is 25.7. The molecule has 4 rings (SSSR count). The standard InChI is InChI=1S/C28H33N5O2S/c1-28(2,3)19-8-6-9-20(16-19)30-27-31-23-17-21(11-12-24(23)36-27)35-22-13-14-29-25(18-22)32-26(34)10-7-15-33(4)5/h6,8-9,11-14,16-18H,7,10,15H2,1-5H3,(H,30,31)(H,29,32,34). The molecule has 8 heteroatoms. The van der Waals surface area contributed by atoms with Crippen LogP contribution in [0.3, 0.4) is 0 Å². The Labute approximate surface area is 216 Å². The van der Waals surface area contributed by atoms with Crippen molar-refractivity contribution in [2.75, 3.05) is 31.3 Å². The molecule has 2 aromatic heterocycles. The third-order valence-corrected chi connectivity index (χ3v) is 6.53. The fraction of sp³-hybridized carbons (Fsp3) is 0.321. The number of hydrogen-bond acceptors (Lipinski definition) is 7. The summed E-state index contributed by atoms with van der Waals surface area (Å²) < 4.78 is 7.12. The first-order valence-corrected chi connectivity index (χ1v) is 12.8. The molecule has 2 heterocycles. The second-order valence-electron chi connectivity index (χ2n) is 10.0. The maximum Gasteiger partial charge on any atom is 0.225 e. The zero-order valence-corrected chi connectivity index (χ0v) is 22.3. The summed E-state index contributed by atoms with van der Waals surface area (Å²) in [6.45, 7) is 7.48. The van der Waals surface area contributed by atoms with E-state index in [-0.39, 0.29) is 11.3 Å². The molecule has 4 aromatic rings. The molecule has 0 bridgehead atoms. The molecule has 0 unspecified atom stereocenters. The van der Waals surface area contributed by atoms with E-state index in [1.807, 2.05) is 32.3 Å². The highest BCUT2D eigenvalue weighted by Gasteiger charge is 2.14. The van der Waals surface area contributed by atoms with Gasteiger partial charge in [0.15, 0.2) is 5.13 Å². The highest BCUT2D eigenvalue weighted by Crippen LogP contribution is 2.33. The van der Waals surface area contributed by atoms with Gasteiger partial charge in [0.2, 0.25) is 5.91 Å². The summed E-state index contributed by atoms with van der Waals surface area (Å²) >= 11 is 1.60. The van der Waals surface area contributed by atoms with Gasteiger partial charge in [-0.1, -0.05) is 44.2 Å². The predicted molar refractivity (Wildman–Crippen MR) is 149 cm³/mol. The Balaban J connectivity index is 1.42. The van der Waals surface area contributed by atoms with Gasteiger partial charge in [-0.25, -0.2) is 9.97 Å². The number of rotatable bonds is 9. The summed E-state index contributed by atoms with van der Waals surface area (Å²) in [5.41, 5.74) is 3.23. The Bertz CT molecular complexity index is 1340. The van der Waals surface area contributed by atoms with Crippen LogP contribution in [0.2, 0.25) is 0 Å². The van der Waals surface area contributed by atoms with E-state index in [1.165, 1.54) is 5.56 Å². The van der Waals surface area contributed by atoms with Crippen molar-refractivity contribution in [3.05, 3.63) is 66.4 Å². The summed E-state index contributed by atoms with van der Waals surface area (Å²) in [5, 5.41) is 7.11. The van der Waals surface area contributed by atoms with Crippen LogP contribution in [0.25, 0.3) is 10.2 Å². The summed E-state index contributed by atoms with van der Waals surface area (Å²) in [4.78, 5) is 23.2. The summed E-state index contributed by atoms with van der Waals surface area (Å²) in [6.07, 6.45) is 2.86. The van der Waals surface area contributed by atoms with Gasteiger partial charge in [0.1, 0.15) is 17.3 Å². The first-order chi connectivity index (χ1) is 17.2. The first-order valence-electron chi connectivity index (χ1n) is 12.0. The van der Waals surface area contributed by atoms with E-state index < -0.39 is 0 Å². The van der Waals surface area contributed by atoms with E-state index in [9.17, 15) is 4.79 Å². The number of amides is 1. The Hall–Kier alpha value is -3.49. The van der Waals surface area contributed by atoms with Crippen LogP contribution < -0.4 is 15.4 Å². The second kappa shape index (κ2) is 11.1. The molecule has 36 heavy (non-hydrogen) atoms. The maximum atomic E-state index is 12.2. The fourth-order valence-corrected chi connectivity index (χ4v) is 4.52. The third kappa shape index (κ3) is 7.02. The lowest BCUT2D eigenvalue weighted by atomic mass is 9.87. The van der Waals surface area contributed by atoms with Gasteiger partial charge in [-0.05, 0) is 68.4 Å². The molecule has 2 N–H and O–H groups in total. The topological polar surface area (TPSA) is 79.4 Å². The number of benzene rings is 2. The van der Waals surface area contributed by atoms with Crippen molar-refractivity contribution in [3.8, 4) is 11.5 Å². The minimum atomic E-state index is -0.0570. The number of carbonyl (C=O) groups excluding carboxylic acids is 1. The van der Waals surface area contributed by atoms with Crippen molar-refractivity contribution < 1.29 is 9.53 Å². The van der Waals surface area contributed by atoms with E-state index in [2.05, 4.69) is 65.6 Å². The number of hydrogen-bond donors (Lipinski definition) is 2. The average Bonchev–Trinajstić information content (AvgIpc) is 3.20. The van der Waals surface area contributed by atoms with Gasteiger partial charge in [0.05, 0.1) is 10.2 Å². The normalized spacial score (nSPS) is 11.6. The van der Waals surface area contributed by atoms with Crippen LogP contribution in [0.4, 0.5) is 16.6 Å². The van der Waals surface area contributed by atoms with E-state index in [0.29, 0.717) is 23.7 Å². The van der Waals surface area contributed by atoms with Gasteiger partial charge in [0.25, 0.3) is 0 Å². The second-order valence-corrected chi connectivity index (χ2v) is 11.1. The Morgan fingerprint density at radius 1 is 1.06 bits per heavy atom. The molecule has 7 nitrogen and oxygen atoms in total. The molecular formula is C28H33N5O2S. The lowest BCUT2D eigenvalue weighted by Crippen LogP contribution is -2.17. The minimum Gasteiger partial charge on any atom is -0.457 e. The molecule has 0 aliphatic heterocycles. The third-order valence-electron chi connectivity index (χ3n) is 5.58. The van der Waals surface area contributed by atoms with Crippen LogP contribution in [-0.4, -0.2) is 41.4 Å². The monoisotopic (exact) mass is 503 g/mol. The quantitative estimate of drug-likeness (QED) is 0.261. The molecule has 0 spiro atoms. The highest BCUT2D eigenvalue weighted by atomic mass is 32.1. The predicted octanol–water partition coefficient (Wildman–Crippen LogP) is 6.81. The van der Waals surface area contributed by atoms with E-state index in [1.54, 1.807) is 29.7 Å². The molecule has 188 valence electrons. The number of carbonyl (C=O) groups is 1. The largest absolute Gasteiger partial charge is 0.457 e.